The first-order chi connectivity index (χ1) is 11.5. The van der Waals surface area contributed by atoms with Crippen LogP contribution < -0.4 is 10.6 Å². The molecule has 0 aliphatic heterocycles. The van der Waals surface area contributed by atoms with Crippen LogP contribution in [0.4, 0.5) is 16.5 Å². The van der Waals surface area contributed by atoms with Crippen molar-refractivity contribution in [1.29, 1.82) is 0 Å². The van der Waals surface area contributed by atoms with Gasteiger partial charge in [0.2, 0.25) is 0 Å². The van der Waals surface area contributed by atoms with Crippen molar-refractivity contribution in [2.45, 2.75) is 0 Å². The molecule has 0 bridgehead atoms. The van der Waals surface area contributed by atoms with Gasteiger partial charge in [-0.3, -0.25) is 4.79 Å². The molecule has 0 spiro atoms. The fourth-order valence-corrected chi connectivity index (χ4v) is 3.34. The first kappa shape index (κ1) is 17.2. The van der Waals surface area contributed by atoms with Gasteiger partial charge in [0.15, 0.2) is 5.13 Å². The third-order valence-corrected chi connectivity index (χ3v) is 4.95. The van der Waals surface area contributed by atoms with E-state index >= 15 is 0 Å². The zero-order valence-corrected chi connectivity index (χ0v) is 15.9. The Morgan fingerprint density at radius 1 is 1.08 bits per heavy atom. The molecule has 0 saturated carbocycles. The Labute approximate surface area is 161 Å². The van der Waals surface area contributed by atoms with Crippen molar-refractivity contribution < 1.29 is 4.79 Å². The lowest BCUT2D eigenvalue weighted by Gasteiger charge is -2.07. The number of carbonyl (C=O) groups excluding carboxylic acids is 1. The SMILES string of the molecule is O=C(Nc1ccc(Br)cc1)c1csc(Nc2c(Cl)cccc2Cl)n1. The van der Waals surface area contributed by atoms with Crippen LogP contribution in [0, 0.1) is 0 Å². The van der Waals surface area contributed by atoms with E-state index in [2.05, 4.69) is 31.5 Å². The lowest BCUT2D eigenvalue weighted by Crippen LogP contribution is -2.12. The molecule has 4 nitrogen and oxygen atoms in total. The Bertz CT molecular complexity index is 863. The van der Waals surface area contributed by atoms with Gasteiger partial charge in [0.1, 0.15) is 5.69 Å². The number of carbonyl (C=O) groups is 1. The van der Waals surface area contributed by atoms with E-state index < -0.39 is 0 Å². The highest BCUT2D eigenvalue weighted by Gasteiger charge is 2.13. The van der Waals surface area contributed by atoms with Gasteiger partial charge in [-0.05, 0) is 36.4 Å². The molecule has 3 rings (SSSR count). The van der Waals surface area contributed by atoms with Gasteiger partial charge in [-0.1, -0.05) is 45.2 Å². The Balaban J connectivity index is 1.73. The van der Waals surface area contributed by atoms with Gasteiger partial charge in [-0.2, -0.15) is 0 Å². The molecule has 2 aromatic carbocycles. The molecule has 1 aromatic heterocycles. The molecule has 0 saturated heterocycles. The molecule has 0 unspecified atom stereocenters. The van der Waals surface area contributed by atoms with Crippen molar-refractivity contribution in [2.75, 3.05) is 10.6 Å². The predicted molar refractivity (Wildman–Crippen MR) is 104 cm³/mol. The average Bonchev–Trinajstić information content (AvgIpc) is 3.02. The molecule has 24 heavy (non-hydrogen) atoms. The van der Waals surface area contributed by atoms with Crippen LogP contribution in [0.15, 0.2) is 52.3 Å². The summed E-state index contributed by atoms with van der Waals surface area (Å²) in [5.74, 6) is -0.285. The first-order valence-electron chi connectivity index (χ1n) is 6.76. The van der Waals surface area contributed by atoms with Gasteiger partial charge in [0.25, 0.3) is 5.91 Å². The van der Waals surface area contributed by atoms with Gasteiger partial charge >= 0.3 is 0 Å². The summed E-state index contributed by atoms with van der Waals surface area (Å²) in [5, 5.41) is 9.01. The second kappa shape index (κ2) is 7.53. The molecule has 0 fully saturated rings. The minimum Gasteiger partial charge on any atom is -0.329 e. The molecule has 0 aliphatic carbocycles. The number of thiazole rings is 1. The minimum atomic E-state index is -0.285. The maximum absolute atomic E-state index is 12.2. The van der Waals surface area contributed by atoms with Crippen LogP contribution >= 0.6 is 50.5 Å². The molecule has 3 aromatic rings. The maximum Gasteiger partial charge on any atom is 0.275 e. The van der Waals surface area contributed by atoms with Crippen molar-refractivity contribution in [1.82, 2.24) is 4.98 Å². The number of halogens is 3. The van der Waals surface area contributed by atoms with Gasteiger partial charge in [-0.25, -0.2) is 4.98 Å². The summed E-state index contributed by atoms with van der Waals surface area (Å²) in [6, 6.07) is 12.5. The number of anilines is 3. The molecule has 122 valence electrons. The highest BCUT2D eigenvalue weighted by atomic mass is 79.9. The van der Waals surface area contributed by atoms with E-state index in [4.69, 9.17) is 23.2 Å². The van der Waals surface area contributed by atoms with Crippen LogP contribution in [0.2, 0.25) is 10.0 Å². The third-order valence-electron chi connectivity index (χ3n) is 3.03. The molecular weight excluding hydrogens is 433 g/mol. The first-order valence-corrected chi connectivity index (χ1v) is 9.19. The Hall–Kier alpha value is -1.60. The Morgan fingerprint density at radius 3 is 2.42 bits per heavy atom. The molecule has 8 heteroatoms. The molecular formula is C16H10BrCl2N3OS. The van der Waals surface area contributed by atoms with Crippen molar-refractivity contribution in [3.05, 3.63) is 68.1 Å². The van der Waals surface area contributed by atoms with E-state index in [0.717, 1.165) is 4.47 Å². The lowest BCUT2D eigenvalue weighted by atomic mass is 10.3. The highest BCUT2D eigenvalue weighted by Crippen LogP contribution is 2.33. The van der Waals surface area contributed by atoms with Gasteiger partial charge in [0.05, 0.1) is 15.7 Å². The van der Waals surface area contributed by atoms with Crippen LogP contribution in [0.3, 0.4) is 0 Å². The standard InChI is InChI=1S/C16H10BrCl2N3OS/c17-9-4-6-10(7-5-9)20-15(23)13-8-24-16(21-13)22-14-11(18)2-1-3-12(14)19/h1-8H,(H,20,23)(H,21,22). The Morgan fingerprint density at radius 2 is 1.75 bits per heavy atom. The second-order valence-corrected chi connectivity index (χ2v) is 7.31. The average molecular weight is 443 g/mol. The number of aromatic nitrogens is 1. The van der Waals surface area contributed by atoms with Crippen molar-refractivity contribution in [3.8, 4) is 0 Å². The van der Waals surface area contributed by atoms with E-state index in [-0.39, 0.29) is 5.91 Å². The highest BCUT2D eigenvalue weighted by molar-refractivity contribution is 9.10. The monoisotopic (exact) mass is 441 g/mol. The van der Waals surface area contributed by atoms with Gasteiger partial charge in [0, 0.05) is 15.5 Å². The zero-order valence-electron chi connectivity index (χ0n) is 12.0. The number of hydrogen-bond donors (Lipinski definition) is 2. The van der Waals surface area contributed by atoms with E-state index in [9.17, 15) is 4.79 Å². The third kappa shape index (κ3) is 4.08. The summed E-state index contributed by atoms with van der Waals surface area (Å²) in [4.78, 5) is 16.5. The van der Waals surface area contributed by atoms with E-state index in [1.807, 2.05) is 12.1 Å². The summed E-state index contributed by atoms with van der Waals surface area (Å²) in [7, 11) is 0. The van der Waals surface area contributed by atoms with Crippen LogP contribution in [-0.2, 0) is 0 Å². The molecule has 0 aliphatic rings. The minimum absolute atomic E-state index is 0.285. The summed E-state index contributed by atoms with van der Waals surface area (Å²) in [6.07, 6.45) is 0. The number of benzene rings is 2. The summed E-state index contributed by atoms with van der Waals surface area (Å²) in [5.41, 5.74) is 1.57. The fourth-order valence-electron chi connectivity index (χ4n) is 1.89. The molecule has 0 radical (unpaired) electrons. The topological polar surface area (TPSA) is 54.0 Å². The van der Waals surface area contributed by atoms with Crippen LogP contribution in [0.1, 0.15) is 10.5 Å². The maximum atomic E-state index is 12.2. The lowest BCUT2D eigenvalue weighted by molar-refractivity contribution is 0.102. The van der Waals surface area contributed by atoms with Gasteiger partial charge in [-0.15, -0.1) is 11.3 Å². The zero-order chi connectivity index (χ0) is 17.1. The largest absolute Gasteiger partial charge is 0.329 e. The summed E-state index contributed by atoms with van der Waals surface area (Å²) < 4.78 is 0.942. The van der Waals surface area contributed by atoms with Gasteiger partial charge < -0.3 is 10.6 Å². The number of amides is 1. The van der Waals surface area contributed by atoms with Crippen LogP contribution in [-0.4, -0.2) is 10.9 Å². The van der Waals surface area contributed by atoms with Crippen LogP contribution in [0.25, 0.3) is 0 Å². The van der Waals surface area contributed by atoms with E-state index in [0.29, 0.717) is 32.2 Å². The number of hydrogen-bond acceptors (Lipinski definition) is 4. The molecule has 1 heterocycles. The number of nitrogens with zero attached hydrogens (tertiary/aromatic N) is 1. The summed E-state index contributed by atoms with van der Waals surface area (Å²) >= 11 is 16.9. The van der Waals surface area contributed by atoms with E-state index in [1.165, 1.54) is 11.3 Å². The van der Waals surface area contributed by atoms with Crippen molar-refractivity contribution in [2.24, 2.45) is 0 Å². The number of nitrogens with one attached hydrogen (secondary N) is 2. The Kier molecular flexibility index (Phi) is 5.40. The van der Waals surface area contributed by atoms with Crippen LogP contribution in [0.5, 0.6) is 0 Å². The summed E-state index contributed by atoms with van der Waals surface area (Å²) in [6.45, 7) is 0. The predicted octanol–water partition coefficient (Wildman–Crippen LogP) is 6.21. The number of rotatable bonds is 4. The molecule has 1 amide bonds. The second-order valence-electron chi connectivity index (χ2n) is 4.72. The fraction of sp³-hybridized carbons (Fsp3) is 0. The van der Waals surface area contributed by atoms with Crippen molar-refractivity contribution >= 4 is 72.9 Å². The smallest absolute Gasteiger partial charge is 0.275 e. The van der Waals surface area contributed by atoms with E-state index in [1.54, 1.807) is 35.7 Å². The molecule has 0 atom stereocenters. The number of para-hydroxylation sites is 1. The quantitative estimate of drug-likeness (QED) is 0.505. The van der Waals surface area contributed by atoms with Crippen molar-refractivity contribution in [3.63, 3.8) is 0 Å². The normalized spacial score (nSPS) is 10.5. The molecule has 2 N–H and O–H groups in total.